The third kappa shape index (κ3) is 3.65. The minimum atomic E-state index is 0.145. The quantitative estimate of drug-likeness (QED) is 0.703. The van der Waals surface area contributed by atoms with Crippen molar-refractivity contribution in [3.05, 3.63) is 64.1 Å². The lowest BCUT2D eigenvalue weighted by atomic mass is 9.97. The minimum Gasteiger partial charge on any atom is -0.289 e. The van der Waals surface area contributed by atoms with Crippen molar-refractivity contribution in [1.82, 2.24) is 25.1 Å². The van der Waals surface area contributed by atoms with Crippen LogP contribution in [0.5, 0.6) is 0 Å². The Kier molecular flexibility index (Phi) is 4.90. The first-order valence-corrected chi connectivity index (χ1v) is 9.76. The van der Waals surface area contributed by atoms with Gasteiger partial charge in [0.2, 0.25) is 0 Å². The zero-order valence-corrected chi connectivity index (χ0v) is 15.3. The van der Waals surface area contributed by atoms with Crippen LogP contribution in [0.3, 0.4) is 0 Å². The summed E-state index contributed by atoms with van der Waals surface area (Å²) in [5.74, 6) is 1.75. The first-order chi connectivity index (χ1) is 12.3. The molecule has 0 bridgehead atoms. The molecule has 0 amide bonds. The smallest absolute Gasteiger partial charge is 0.174 e. The van der Waals surface area contributed by atoms with Gasteiger partial charge in [0.15, 0.2) is 5.82 Å². The van der Waals surface area contributed by atoms with Gasteiger partial charge in [-0.3, -0.25) is 4.90 Å². The van der Waals surface area contributed by atoms with Gasteiger partial charge in [0.1, 0.15) is 6.04 Å². The lowest BCUT2D eigenvalue weighted by molar-refractivity contribution is 0.152. The van der Waals surface area contributed by atoms with E-state index in [0.29, 0.717) is 6.54 Å². The van der Waals surface area contributed by atoms with Crippen molar-refractivity contribution in [2.45, 2.75) is 32.4 Å². The Labute approximate surface area is 152 Å². The van der Waals surface area contributed by atoms with E-state index >= 15 is 0 Å². The van der Waals surface area contributed by atoms with E-state index in [9.17, 15) is 0 Å². The largest absolute Gasteiger partial charge is 0.289 e. The molecule has 1 aliphatic rings. The van der Waals surface area contributed by atoms with Crippen molar-refractivity contribution in [2.75, 3.05) is 13.1 Å². The second-order valence-electron chi connectivity index (χ2n) is 6.82. The maximum atomic E-state index is 4.43. The number of nitrogens with zero attached hydrogens (tertiary/aromatic N) is 5. The molecule has 3 aromatic rings. The lowest BCUT2D eigenvalue weighted by Gasteiger charge is -2.35. The summed E-state index contributed by atoms with van der Waals surface area (Å²) in [6.07, 6.45) is 2.48. The summed E-state index contributed by atoms with van der Waals surface area (Å²) in [6.45, 7) is 5.25. The minimum absolute atomic E-state index is 0.145. The van der Waals surface area contributed by atoms with Gasteiger partial charge in [-0.25, -0.2) is 4.68 Å². The molecule has 5 nitrogen and oxygen atoms in total. The fourth-order valence-electron chi connectivity index (χ4n) is 3.48. The highest BCUT2D eigenvalue weighted by Crippen LogP contribution is 2.33. The third-order valence-electron chi connectivity index (χ3n) is 4.98. The first kappa shape index (κ1) is 16.4. The number of thiophene rings is 1. The van der Waals surface area contributed by atoms with Gasteiger partial charge in [0, 0.05) is 4.88 Å². The molecule has 2 aromatic heterocycles. The van der Waals surface area contributed by atoms with Gasteiger partial charge in [-0.1, -0.05) is 43.3 Å². The maximum Gasteiger partial charge on any atom is 0.174 e. The molecule has 0 unspecified atom stereocenters. The molecular formula is C19H23N5S. The van der Waals surface area contributed by atoms with Gasteiger partial charge in [-0.2, -0.15) is 0 Å². The Bertz CT molecular complexity index is 775. The van der Waals surface area contributed by atoms with Gasteiger partial charge < -0.3 is 0 Å². The molecule has 4 rings (SSSR count). The Morgan fingerprint density at radius 2 is 1.92 bits per heavy atom. The zero-order valence-electron chi connectivity index (χ0n) is 14.5. The number of likely N-dealkylation sites (tertiary alicyclic amines) is 1. The average Bonchev–Trinajstić information content (AvgIpc) is 3.31. The van der Waals surface area contributed by atoms with Crippen LogP contribution in [0.15, 0.2) is 47.8 Å². The van der Waals surface area contributed by atoms with Gasteiger partial charge in [0.25, 0.3) is 0 Å². The predicted molar refractivity (Wildman–Crippen MR) is 99.5 cm³/mol. The maximum absolute atomic E-state index is 4.43. The number of rotatable bonds is 5. The van der Waals surface area contributed by atoms with Crippen molar-refractivity contribution in [2.24, 2.45) is 5.92 Å². The summed E-state index contributed by atoms with van der Waals surface area (Å²) in [4.78, 5) is 3.86. The Hall–Kier alpha value is -2.05. The highest BCUT2D eigenvalue weighted by molar-refractivity contribution is 7.10. The van der Waals surface area contributed by atoms with E-state index in [1.165, 1.54) is 23.3 Å². The standard InChI is InChI=1S/C19H23N5S/c1-15-9-11-23(12-10-15)18(17-8-5-13-25-17)19-20-21-22-24(19)14-16-6-3-2-4-7-16/h2-8,13,15,18H,9-12,14H2,1H3/t18-/m0/s1. The molecule has 0 radical (unpaired) electrons. The van der Waals surface area contributed by atoms with Crippen molar-refractivity contribution >= 4 is 11.3 Å². The molecule has 0 saturated carbocycles. The summed E-state index contributed by atoms with van der Waals surface area (Å²) in [5, 5.41) is 14.9. The van der Waals surface area contributed by atoms with Gasteiger partial charge in [-0.05, 0) is 59.3 Å². The van der Waals surface area contributed by atoms with Crippen LogP contribution in [0.1, 0.15) is 42.1 Å². The van der Waals surface area contributed by atoms with Gasteiger partial charge in [-0.15, -0.1) is 16.4 Å². The third-order valence-corrected chi connectivity index (χ3v) is 5.90. The van der Waals surface area contributed by atoms with E-state index in [0.717, 1.165) is 24.8 Å². The fourth-order valence-corrected chi connectivity index (χ4v) is 4.34. The number of hydrogen-bond acceptors (Lipinski definition) is 5. The van der Waals surface area contributed by atoms with E-state index < -0.39 is 0 Å². The average molecular weight is 353 g/mol. The first-order valence-electron chi connectivity index (χ1n) is 8.88. The molecule has 0 aliphatic carbocycles. The highest BCUT2D eigenvalue weighted by atomic mass is 32.1. The number of benzene rings is 1. The molecular weight excluding hydrogens is 330 g/mol. The van der Waals surface area contributed by atoms with Crippen molar-refractivity contribution < 1.29 is 0 Å². The van der Waals surface area contributed by atoms with Crippen LogP contribution in [-0.2, 0) is 6.54 Å². The highest BCUT2D eigenvalue weighted by Gasteiger charge is 2.30. The van der Waals surface area contributed by atoms with Crippen LogP contribution in [-0.4, -0.2) is 38.2 Å². The van der Waals surface area contributed by atoms with Gasteiger partial charge >= 0.3 is 0 Å². The van der Waals surface area contributed by atoms with Gasteiger partial charge in [0.05, 0.1) is 6.54 Å². The molecule has 1 fully saturated rings. The molecule has 1 aromatic carbocycles. The van der Waals surface area contributed by atoms with E-state index in [-0.39, 0.29) is 6.04 Å². The van der Waals surface area contributed by atoms with E-state index in [2.05, 4.69) is 69.1 Å². The summed E-state index contributed by atoms with van der Waals surface area (Å²) in [7, 11) is 0. The van der Waals surface area contributed by atoms with E-state index in [1.54, 1.807) is 11.3 Å². The van der Waals surface area contributed by atoms with E-state index in [4.69, 9.17) is 0 Å². The normalized spacial score (nSPS) is 17.6. The summed E-state index contributed by atoms with van der Waals surface area (Å²) in [5.41, 5.74) is 1.22. The number of hydrogen-bond donors (Lipinski definition) is 0. The van der Waals surface area contributed by atoms with Crippen LogP contribution in [0.4, 0.5) is 0 Å². The number of tetrazole rings is 1. The monoisotopic (exact) mass is 353 g/mol. The molecule has 3 heterocycles. The molecule has 0 spiro atoms. The topological polar surface area (TPSA) is 46.8 Å². The Morgan fingerprint density at radius 1 is 1.12 bits per heavy atom. The van der Waals surface area contributed by atoms with Crippen molar-refractivity contribution in [3.8, 4) is 0 Å². The second-order valence-corrected chi connectivity index (χ2v) is 7.80. The Balaban J connectivity index is 1.65. The summed E-state index contributed by atoms with van der Waals surface area (Å²) in [6, 6.07) is 14.9. The molecule has 1 atom stereocenters. The van der Waals surface area contributed by atoms with Crippen LogP contribution in [0.25, 0.3) is 0 Å². The summed E-state index contributed by atoms with van der Waals surface area (Å²) < 4.78 is 1.96. The fraction of sp³-hybridized carbons (Fsp3) is 0.421. The van der Waals surface area contributed by atoms with Crippen LogP contribution in [0, 0.1) is 5.92 Å². The molecule has 6 heteroatoms. The lowest BCUT2D eigenvalue weighted by Crippen LogP contribution is -2.37. The van der Waals surface area contributed by atoms with E-state index in [1.807, 2.05) is 10.7 Å². The zero-order chi connectivity index (χ0) is 17.1. The molecule has 1 aliphatic heterocycles. The number of aromatic nitrogens is 4. The Morgan fingerprint density at radius 3 is 2.64 bits per heavy atom. The summed E-state index contributed by atoms with van der Waals surface area (Å²) >= 11 is 1.79. The number of piperidine rings is 1. The van der Waals surface area contributed by atoms with Crippen LogP contribution >= 0.6 is 11.3 Å². The predicted octanol–water partition coefficient (Wildman–Crippen LogP) is 3.60. The van der Waals surface area contributed by atoms with Crippen LogP contribution < -0.4 is 0 Å². The van der Waals surface area contributed by atoms with Crippen molar-refractivity contribution in [3.63, 3.8) is 0 Å². The molecule has 1 saturated heterocycles. The van der Waals surface area contributed by atoms with Crippen LogP contribution in [0.2, 0.25) is 0 Å². The molecule has 25 heavy (non-hydrogen) atoms. The molecule has 130 valence electrons. The SMILES string of the molecule is CC1CCN([C@@H](c2cccs2)c2nnnn2Cc2ccccc2)CC1. The molecule has 0 N–H and O–H groups in total. The second kappa shape index (κ2) is 7.45. The van der Waals surface area contributed by atoms with Crippen molar-refractivity contribution in [1.29, 1.82) is 0 Å².